The second-order valence-corrected chi connectivity index (χ2v) is 7.63. The molecule has 0 saturated heterocycles. The minimum Gasteiger partial charge on any atom is -0.350 e. The smallest absolute Gasteiger partial charge is 0.315 e. The summed E-state index contributed by atoms with van der Waals surface area (Å²) in [5, 5.41) is 11.0. The first-order valence-electron chi connectivity index (χ1n) is 9.51. The molecule has 0 radical (unpaired) electrons. The summed E-state index contributed by atoms with van der Waals surface area (Å²) in [7, 11) is 0. The van der Waals surface area contributed by atoms with Crippen molar-refractivity contribution in [2.45, 2.75) is 27.3 Å². The van der Waals surface area contributed by atoms with E-state index in [0.29, 0.717) is 30.9 Å². The fourth-order valence-corrected chi connectivity index (χ4v) is 2.32. The normalized spacial score (nSPS) is 10.7. The van der Waals surface area contributed by atoms with E-state index in [0.717, 1.165) is 5.56 Å². The lowest BCUT2D eigenvalue weighted by atomic mass is 9.95. The summed E-state index contributed by atoms with van der Waals surface area (Å²) in [5.41, 5.74) is 1.64. The highest BCUT2D eigenvalue weighted by Gasteiger charge is 2.21. The molecule has 4 amide bonds. The van der Waals surface area contributed by atoms with Crippen molar-refractivity contribution in [2.75, 3.05) is 18.4 Å². The Labute approximate surface area is 171 Å². The van der Waals surface area contributed by atoms with Crippen LogP contribution in [0.5, 0.6) is 0 Å². The summed E-state index contributed by atoms with van der Waals surface area (Å²) in [6, 6.07) is 16.0. The molecule has 7 heteroatoms. The van der Waals surface area contributed by atoms with Crippen LogP contribution in [0.4, 0.5) is 10.5 Å². The molecule has 0 aliphatic carbocycles. The maximum atomic E-state index is 12.2. The minimum absolute atomic E-state index is 0.0914. The molecule has 2 aromatic rings. The van der Waals surface area contributed by atoms with Gasteiger partial charge in [-0.25, -0.2) is 4.79 Å². The van der Waals surface area contributed by atoms with Crippen molar-refractivity contribution in [3.8, 4) is 0 Å². The van der Waals surface area contributed by atoms with E-state index in [2.05, 4.69) is 21.3 Å². The van der Waals surface area contributed by atoms with Gasteiger partial charge in [0.2, 0.25) is 5.91 Å². The highest BCUT2D eigenvalue weighted by molar-refractivity contribution is 5.97. The summed E-state index contributed by atoms with van der Waals surface area (Å²) >= 11 is 0. The van der Waals surface area contributed by atoms with Crippen molar-refractivity contribution in [1.82, 2.24) is 16.0 Å². The molecule has 2 rings (SSSR count). The average Bonchev–Trinajstić information content (AvgIpc) is 2.70. The third kappa shape index (κ3) is 7.65. The summed E-state index contributed by atoms with van der Waals surface area (Å²) in [5.74, 6) is -0.337. The lowest BCUT2D eigenvalue weighted by Crippen LogP contribution is -2.40. The van der Waals surface area contributed by atoms with Crippen LogP contribution >= 0.6 is 0 Å². The average molecular weight is 396 g/mol. The number of carbonyl (C=O) groups excluding carboxylic acids is 3. The predicted octanol–water partition coefficient (Wildman–Crippen LogP) is 2.90. The van der Waals surface area contributed by atoms with E-state index in [4.69, 9.17) is 0 Å². The van der Waals surface area contributed by atoms with Gasteiger partial charge in [0, 0.05) is 36.3 Å². The van der Waals surface area contributed by atoms with Gasteiger partial charge >= 0.3 is 6.03 Å². The van der Waals surface area contributed by atoms with E-state index in [-0.39, 0.29) is 17.8 Å². The first kappa shape index (κ1) is 21.9. The number of benzene rings is 2. The fourth-order valence-electron chi connectivity index (χ4n) is 2.32. The van der Waals surface area contributed by atoms with Gasteiger partial charge in [0.05, 0.1) is 0 Å². The van der Waals surface area contributed by atoms with Crippen LogP contribution in [0.1, 0.15) is 36.7 Å². The van der Waals surface area contributed by atoms with Gasteiger partial charge in [0.1, 0.15) is 0 Å². The Kier molecular flexibility index (Phi) is 7.77. The summed E-state index contributed by atoms with van der Waals surface area (Å²) in [4.78, 5) is 35.9. The van der Waals surface area contributed by atoms with Gasteiger partial charge < -0.3 is 21.3 Å². The topological polar surface area (TPSA) is 99.3 Å². The van der Waals surface area contributed by atoms with Crippen LogP contribution in [-0.2, 0) is 11.3 Å². The Hall–Kier alpha value is -3.35. The van der Waals surface area contributed by atoms with Crippen LogP contribution in [0.25, 0.3) is 0 Å². The molecule has 2 aromatic carbocycles. The first-order chi connectivity index (χ1) is 13.8. The number of hydrogen-bond donors (Lipinski definition) is 4. The molecule has 0 aromatic heterocycles. The van der Waals surface area contributed by atoms with Gasteiger partial charge in [0.25, 0.3) is 5.91 Å². The van der Waals surface area contributed by atoms with Crippen LogP contribution in [0.15, 0.2) is 54.6 Å². The standard InChI is InChI=1S/C22H28N4O3/c1-22(2,3)20(28)26-18-11-9-17(10-12-18)19(27)23-13-14-24-21(29)25-15-16-7-5-4-6-8-16/h4-12H,13-15H2,1-3H3,(H,23,27)(H,26,28)(H2,24,25,29). The Bertz CT molecular complexity index is 827. The second kappa shape index (κ2) is 10.3. The van der Waals surface area contributed by atoms with Gasteiger partial charge in [0.15, 0.2) is 0 Å². The number of carbonyl (C=O) groups is 3. The van der Waals surface area contributed by atoms with E-state index < -0.39 is 5.41 Å². The molecule has 0 bridgehead atoms. The molecule has 0 spiro atoms. The zero-order chi connectivity index (χ0) is 21.3. The molecule has 0 heterocycles. The van der Waals surface area contributed by atoms with E-state index in [1.54, 1.807) is 24.3 Å². The van der Waals surface area contributed by atoms with E-state index in [1.165, 1.54) is 0 Å². The molecule has 0 aliphatic heterocycles. The van der Waals surface area contributed by atoms with Crippen LogP contribution < -0.4 is 21.3 Å². The lowest BCUT2D eigenvalue weighted by Gasteiger charge is -2.17. The first-order valence-corrected chi connectivity index (χ1v) is 9.51. The number of amides is 4. The fraction of sp³-hybridized carbons (Fsp3) is 0.318. The van der Waals surface area contributed by atoms with Gasteiger partial charge in [-0.1, -0.05) is 51.1 Å². The van der Waals surface area contributed by atoms with Crippen molar-refractivity contribution in [3.05, 3.63) is 65.7 Å². The zero-order valence-corrected chi connectivity index (χ0v) is 17.0. The molecule has 0 saturated carbocycles. The predicted molar refractivity (Wildman–Crippen MR) is 114 cm³/mol. The second-order valence-electron chi connectivity index (χ2n) is 7.63. The third-order valence-corrected chi connectivity index (χ3v) is 4.08. The Morgan fingerprint density at radius 1 is 0.793 bits per heavy atom. The summed E-state index contributed by atoms with van der Waals surface area (Å²) in [6.45, 7) is 6.56. The third-order valence-electron chi connectivity index (χ3n) is 4.08. The summed E-state index contributed by atoms with van der Waals surface area (Å²) in [6.07, 6.45) is 0. The molecule has 0 aliphatic rings. The van der Waals surface area contributed by atoms with Gasteiger partial charge in [-0.3, -0.25) is 9.59 Å². The minimum atomic E-state index is -0.490. The zero-order valence-electron chi connectivity index (χ0n) is 17.0. The number of nitrogens with one attached hydrogen (secondary N) is 4. The van der Waals surface area contributed by atoms with Crippen LogP contribution in [0, 0.1) is 5.41 Å². The molecular weight excluding hydrogens is 368 g/mol. The maximum Gasteiger partial charge on any atom is 0.315 e. The highest BCUT2D eigenvalue weighted by atomic mass is 16.2. The molecule has 7 nitrogen and oxygen atoms in total. The maximum absolute atomic E-state index is 12.2. The Morgan fingerprint density at radius 3 is 2.03 bits per heavy atom. The molecular formula is C22H28N4O3. The number of urea groups is 1. The largest absolute Gasteiger partial charge is 0.350 e. The quantitative estimate of drug-likeness (QED) is 0.542. The van der Waals surface area contributed by atoms with Crippen molar-refractivity contribution in [3.63, 3.8) is 0 Å². The summed E-state index contributed by atoms with van der Waals surface area (Å²) < 4.78 is 0. The van der Waals surface area contributed by atoms with Crippen molar-refractivity contribution >= 4 is 23.5 Å². The molecule has 0 unspecified atom stereocenters. The number of rotatable bonds is 7. The number of anilines is 1. The molecule has 0 atom stereocenters. The van der Waals surface area contributed by atoms with Crippen LogP contribution in [0.2, 0.25) is 0 Å². The van der Waals surface area contributed by atoms with E-state index in [1.807, 2.05) is 51.1 Å². The van der Waals surface area contributed by atoms with E-state index >= 15 is 0 Å². The monoisotopic (exact) mass is 396 g/mol. The van der Waals surface area contributed by atoms with E-state index in [9.17, 15) is 14.4 Å². The Morgan fingerprint density at radius 2 is 1.41 bits per heavy atom. The molecule has 154 valence electrons. The Balaban J connectivity index is 1.68. The van der Waals surface area contributed by atoms with Crippen LogP contribution in [0.3, 0.4) is 0 Å². The molecule has 0 fully saturated rings. The van der Waals surface area contributed by atoms with Crippen LogP contribution in [-0.4, -0.2) is 30.9 Å². The van der Waals surface area contributed by atoms with Crippen molar-refractivity contribution in [2.24, 2.45) is 5.41 Å². The van der Waals surface area contributed by atoms with Gasteiger partial charge in [-0.2, -0.15) is 0 Å². The lowest BCUT2D eigenvalue weighted by molar-refractivity contribution is -0.123. The van der Waals surface area contributed by atoms with Crippen molar-refractivity contribution in [1.29, 1.82) is 0 Å². The molecule has 29 heavy (non-hydrogen) atoms. The SMILES string of the molecule is CC(C)(C)C(=O)Nc1ccc(C(=O)NCCNC(=O)NCc2ccccc2)cc1. The van der Waals surface area contributed by atoms with Gasteiger partial charge in [-0.15, -0.1) is 0 Å². The van der Waals surface area contributed by atoms with Gasteiger partial charge in [-0.05, 0) is 29.8 Å². The number of hydrogen-bond acceptors (Lipinski definition) is 3. The molecule has 4 N–H and O–H groups in total. The van der Waals surface area contributed by atoms with Crippen molar-refractivity contribution < 1.29 is 14.4 Å². The highest BCUT2D eigenvalue weighted by Crippen LogP contribution is 2.17.